The third-order valence-electron chi connectivity index (χ3n) is 3.17. The Kier molecular flexibility index (Phi) is 4.57. The molecule has 0 saturated heterocycles. The smallest absolute Gasteiger partial charge is 0.175 e. The standard InChI is InChI=1S/C15H18N2O3S/c1-3-8-17-9-7-16-15(17)11-14(18)12-5-4-6-13(10-12)21(2,19)20/h4-7,9-10H,3,8,11H2,1-2H3. The van der Waals surface area contributed by atoms with Gasteiger partial charge in [0.05, 0.1) is 11.3 Å². The third-order valence-corrected chi connectivity index (χ3v) is 4.28. The Bertz CT molecular complexity index is 748. The second-order valence-corrected chi connectivity index (χ2v) is 6.95. The number of ketones is 1. The van der Waals surface area contributed by atoms with Crippen LogP contribution in [0, 0.1) is 0 Å². The summed E-state index contributed by atoms with van der Waals surface area (Å²) in [5.41, 5.74) is 0.393. The molecule has 0 aliphatic heterocycles. The minimum absolute atomic E-state index is 0.135. The quantitative estimate of drug-likeness (QED) is 0.767. The molecule has 0 unspecified atom stereocenters. The van der Waals surface area contributed by atoms with Crippen LogP contribution in [0.15, 0.2) is 41.6 Å². The molecule has 2 rings (SSSR count). The lowest BCUT2D eigenvalue weighted by atomic mass is 10.1. The van der Waals surface area contributed by atoms with E-state index in [1.54, 1.807) is 18.3 Å². The van der Waals surface area contributed by atoms with Crippen molar-refractivity contribution in [2.75, 3.05) is 6.26 Å². The van der Waals surface area contributed by atoms with Gasteiger partial charge in [-0.25, -0.2) is 13.4 Å². The van der Waals surface area contributed by atoms with Crippen LogP contribution in [0.2, 0.25) is 0 Å². The fourth-order valence-electron chi connectivity index (χ4n) is 2.10. The highest BCUT2D eigenvalue weighted by molar-refractivity contribution is 7.90. The fraction of sp³-hybridized carbons (Fsp3) is 0.333. The van der Waals surface area contributed by atoms with E-state index in [0.29, 0.717) is 11.4 Å². The van der Waals surface area contributed by atoms with Crippen molar-refractivity contribution in [3.8, 4) is 0 Å². The Morgan fingerprint density at radius 3 is 2.76 bits per heavy atom. The molecule has 2 aromatic rings. The molecule has 0 fully saturated rings. The first-order chi connectivity index (χ1) is 9.91. The summed E-state index contributed by atoms with van der Waals surface area (Å²) in [4.78, 5) is 16.7. The van der Waals surface area contributed by atoms with Crippen LogP contribution >= 0.6 is 0 Å². The summed E-state index contributed by atoms with van der Waals surface area (Å²) in [7, 11) is -3.31. The first-order valence-corrected chi connectivity index (χ1v) is 8.64. The monoisotopic (exact) mass is 306 g/mol. The Labute approximate surface area is 124 Å². The number of hydrogen-bond donors (Lipinski definition) is 0. The van der Waals surface area contributed by atoms with Gasteiger partial charge in [-0.3, -0.25) is 4.79 Å². The summed E-state index contributed by atoms with van der Waals surface area (Å²) in [5.74, 6) is 0.565. The van der Waals surface area contributed by atoms with Crippen molar-refractivity contribution < 1.29 is 13.2 Å². The molecule has 0 spiro atoms. The molecule has 0 atom stereocenters. The van der Waals surface area contributed by atoms with E-state index in [-0.39, 0.29) is 17.1 Å². The van der Waals surface area contributed by atoms with Crippen molar-refractivity contribution in [1.82, 2.24) is 9.55 Å². The molecule has 0 bridgehead atoms. The van der Waals surface area contributed by atoms with Crippen LogP contribution in [0.4, 0.5) is 0 Å². The SMILES string of the molecule is CCCn1ccnc1CC(=O)c1cccc(S(C)(=O)=O)c1. The predicted molar refractivity (Wildman–Crippen MR) is 80.1 cm³/mol. The van der Waals surface area contributed by atoms with E-state index in [0.717, 1.165) is 19.2 Å². The van der Waals surface area contributed by atoms with Crippen LogP contribution in [0.3, 0.4) is 0 Å². The average Bonchev–Trinajstić information content (AvgIpc) is 2.86. The van der Waals surface area contributed by atoms with E-state index in [1.165, 1.54) is 12.1 Å². The summed E-state index contributed by atoms with van der Waals surface area (Å²) in [6, 6.07) is 6.13. The number of Topliss-reactive ketones (excluding diaryl/α,β-unsaturated/α-hetero) is 1. The number of imidazole rings is 1. The van der Waals surface area contributed by atoms with Gasteiger partial charge in [0, 0.05) is 30.8 Å². The van der Waals surface area contributed by atoms with Crippen LogP contribution in [-0.4, -0.2) is 30.0 Å². The van der Waals surface area contributed by atoms with Gasteiger partial charge in [-0.1, -0.05) is 19.1 Å². The van der Waals surface area contributed by atoms with Gasteiger partial charge in [0.2, 0.25) is 0 Å². The number of benzene rings is 1. The van der Waals surface area contributed by atoms with E-state index >= 15 is 0 Å². The molecule has 1 aromatic heterocycles. The zero-order chi connectivity index (χ0) is 15.5. The van der Waals surface area contributed by atoms with Crippen molar-refractivity contribution >= 4 is 15.6 Å². The number of rotatable bonds is 6. The molecule has 0 radical (unpaired) electrons. The van der Waals surface area contributed by atoms with Gasteiger partial charge in [-0.05, 0) is 18.6 Å². The summed E-state index contributed by atoms with van der Waals surface area (Å²) >= 11 is 0. The lowest BCUT2D eigenvalue weighted by Crippen LogP contribution is -2.11. The number of carbonyl (C=O) groups excluding carboxylic acids is 1. The minimum atomic E-state index is -3.31. The zero-order valence-corrected chi connectivity index (χ0v) is 12.9. The number of carbonyl (C=O) groups is 1. The number of aromatic nitrogens is 2. The van der Waals surface area contributed by atoms with Crippen LogP contribution in [0.5, 0.6) is 0 Å². The maximum Gasteiger partial charge on any atom is 0.175 e. The highest BCUT2D eigenvalue weighted by Gasteiger charge is 2.14. The minimum Gasteiger partial charge on any atom is -0.335 e. The molecule has 21 heavy (non-hydrogen) atoms. The van der Waals surface area contributed by atoms with E-state index < -0.39 is 9.84 Å². The van der Waals surface area contributed by atoms with Gasteiger partial charge in [0.25, 0.3) is 0 Å². The second kappa shape index (κ2) is 6.22. The largest absolute Gasteiger partial charge is 0.335 e. The molecule has 1 heterocycles. The van der Waals surface area contributed by atoms with Gasteiger partial charge in [0.1, 0.15) is 5.82 Å². The summed E-state index contributed by atoms with van der Waals surface area (Å²) in [6.45, 7) is 2.87. The molecule has 0 N–H and O–H groups in total. The highest BCUT2D eigenvalue weighted by atomic mass is 32.2. The van der Waals surface area contributed by atoms with E-state index in [2.05, 4.69) is 11.9 Å². The molecule has 112 valence electrons. The van der Waals surface area contributed by atoms with E-state index in [9.17, 15) is 13.2 Å². The first kappa shape index (κ1) is 15.4. The lowest BCUT2D eigenvalue weighted by molar-refractivity contribution is 0.0989. The van der Waals surface area contributed by atoms with Crippen molar-refractivity contribution in [3.05, 3.63) is 48.0 Å². The van der Waals surface area contributed by atoms with E-state index in [1.807, 2.05) is 10.8 Å². The Morgan fingerprint density at radius 1 is 1.33 bits per heavy atom. The first-order valence-electron chi connectivity index (χ1n) is 6.75. The molecule has 1 aromatic carbocycles. The van der Waals surface area contributed by atoms with Crippen molar-refractivity contribution in [1.29, 1.82) is 0 Å². The number of sulfone groups is 1. The van der Waals surface area contributed by atoms with Gasteiger partial charge in [-0.2, -0.15) is 0 Å². The van der Waals surface area contributed by atoms with Crippen LogP contribution in [0.25, 0.3) is 0 Å². The molecular formula is C15H18N2O3S. The van der Waals surface area contributed by atoms with Gasteiger partial charge >= 0.3 is 0 Å². The molecule has 0 aliphatic carbocycles. The topological polar surface area (TPSA) is 69.0 Å². The molecule has 0 amide bonds. The van der Waals surface area contributed by atoms with Crippen molar-refractivity contribution in [3.63, 3.8) is 0 Å². The maximum atomic E-state index is 12.3. The molecule has 6 heteroatoms. The number of nitrogens with zero attached hydrogens (tertiary/aromatic N) is 2. The van der Waals surface area contributed by atoms with Crippen molar-refractivity contribution in [2.24, 2.45) is 0 Å². The summed E-state index contributed by atoms with van der Waals surface area (Å²) in [6.07, 6.45) is 5.77. The maximum absolute atomic E-state index is 12.3. The second-order valence-electron chi connectivity index (χ2n) is 4.94. The third kappa shape index (κ3) is 3.78. The fourth-order valence-corrected chi connectivity index (χ4v) is 2.76. The lowest BCUT2D eigenvalue weighted by Gasteiger charge is -2.06. The normalized spacial score (nSPS) is 11.5. The zero-order valence-electron chi connectivity index (χ0n) is 12.1. The summed E-state index contributed by atoms with van der Waals surface area (Å²) < 4.78 is 25.0. The van der Waals surface area contributed by atoms with Crippen LogP contribution < -0.4 is 0 Å². The predicted octanol–water partition coefficient (Wildman–Crippen LogP) is 2.12. The van der Waals surface area contributed by atoms with Gasteiger partial charge in [-0.15, -0.1) is 0 Å². The number of aryl methyl sites for hydroxylation is 1. The van der Waals surface area contributed by atoms with Crippen molar-refractivity contribution in [2.45, 2.75) is 31.2 Å². The highest BCUT2D eigenvalue weighted by Crippen LogP contribution is 2.13. The average molecular weight is 306 g/mol. The molecule has 0 saturated carbocycles. The van der Waals surface area contributed by atoms with Gasteiger partial charge < -0.3 is 4.57 Å². The van der Waals surface area contributed by atoms with Crippen LogP contribution in [0.1, 0.15) is 29.5 Å². The van der Waals surface area contributed by atoms with Gasteiger partial charge in [0.15, 0.2) is 15.6 Å². The van der Waals surface area contributed by atoms with E-state index in [4.69, 9.17) is 0 Å². The number of hydrogen-bond acceptors (Lipinski definition) is 4. The molecule has 5 nitrogen and oxygen atoms in total. The Hall–Kier alpha value is -1.95. The van der Waals surface area contributed by atoms with Crippen LogP contribution in [-0.2, 0) is 22.8 Å². The summed E-state index contributed by atoms with van der Waals surface area (Å²) in [5, 5.41) is 0. The Balaban J connectivity index is 2.23. The molecule has 0 aliphatic rings. The molecular weight excluding hydrogens is 288 g/mol. The Morgan fingerprint density at radius 2 is 2.10 bits per heavy atom.